The van der Waals surface area contributed by atoms with Gasteiger partial charge in [-0.3, -0.25) is 20.0 Å². The number of carbonyl (C=O) groups excluding carboxylic acids is 2. The van der Waals surface area contributed by atoms with Crippen molar-refractivity contribution in [3.63, 3.8) is 0 Å². The van der Waals surface area contributed by atoms with Crippen LogP contribution in [0.25, 0.3) is 6.08 Å². The number of nitrogens with one attached hydrogen (secondary N) is 1. The Hall–Kier alpha value is -1.93. The van der Waals surface area contributed by atoms with Crippen molar-refractivity contribution in [1.82, 2.24) is 15.4 Å². The van der Waals surface area contributed by atoms with Gasteiger partial charge in [0.05, 0.1) is 15.5 Å². The molecule has 1 aliphatic rings. The zero-order valence-corrected chi connectivity index (χ0v) is 15.5. The molecule has 0 spiro atoms. The van der Waals surface area contributed by atoms with Crippen molar-refractivity contribution < 1.29 is 9.59 Å². The predicted octanol–water partition coefficient (Wildman–Crippen LogP) is 3.93. The molecule has 1 aromatic carbocycles. The second-order valence-corrected chi connectivity index (χ2v) is 7.38. The van der Waals surface area contributed by atoms with E-state index in [1.54, 1.807) is 30.6 Å². The van der Waals surface area contributed by atoms with Crippen molar-refractivity contribution in [2.75, 3.05) is 0 Å². The number of pyridine rings is 1. The van der Waals surface area contributed by atoms with Crippen LogP contribution in [0, 0.1) is 0 Å². The zero-order valence-electron chi connectivity index (χ0n) is 12.4. The average Bonchev–Trinajstić information content (AvgIpc) is 2.83. The fourth-order valence-electron chi connectivity index (χ4n) is 2.01. The van der Waals surface area contributed by atoms with E-state index in [0.29, 0.717) is 9.93 Å². The first kappa shape index (κ1) is 17.9. The summed E-state index contributed by atoms with van der Waals surface area (Å²) in [5.74, 6) is -0.964. The van der Waals surface area contributed by atoms with E-state index in [9.17, 15) is 9.59 Å². The number of hydrogen-bond donors (Lipinski definition) is 1. The molecular formula is C16H9Cl2N3O2S2. The topological polar surface area (TPSA) is 62.3 Å². The maximum atomic E-state index is 12.5. The number of thioether (sulfide) groups is 1. The third-order valence-corrected chi connectivity index (χ3v) is 5.04. The van der Waals surface area contributed by atoms with Gasteiger partial charge >= 0.3 is 0 Å². The van der Waals surface area contributed by atoms with Crippen LogP contribution in [0.2, 0.25) is 10.0 Å². The molecular weight excluding hydrogens is 401 g/mol. The van der Waals surface area contributed by atoms with E-state index < -0.39 is 11.8 Å². The molecule has 1 saturated heterocycles. The highest BCUT2D eigenvalue weighted by Gasteiger charge is 2.34. The molecule has 2 aromatic rings. The maximum Gasteiger partial charge on any atom is 0.285 e. The first-order valence-electron chi connectivity index (χ1n) is 6.90. The molecule has 0 atom stereocenters. The summed E-state index contributed by atoms with van der Waals surface area (Å²) in [5.41, 5.74) is 3.47. The van der Waals surface area contributed by atoms with Crippen molar-refractivity contribution >= 4 is 69.4 Å². The van der Waals surface area contributed by atoms with E-state index in [1.165, 1.54) is 18.2 Å². The highest BCUT2D eigenvalue weighted by Crippen LogP contribution is 2.31. The van der Waals surface area contributed by atoms with Gasteiger partial charge in [0, 0.05) is 17.4 Å². The Kier molecular flexibility index (Phi) is 5.39. The summed E-state index contributed by atoms with van der Waals surface area (Å²) in [5, 5.41) is 1.62. The van der Waals surface area contributed by atoms with Crippen LogP contribution in [0.15, 0.2) is 47.6 Å². The first-order valence-corrected chi connectivity index (χ1v) is 8.88. The summed E-state index contributed by atoms with van der Waals surface area (Å²) in [7, 11) is 0. The molecule has 1 aromatic heterocycles. The number of nitrogens with zero attached hydrogens (tertiary/aromatic N) is 2. The van der Waals surface area contributed by atoms with E-state index in [4.69, 9.17) is 35.4 Å². The second kappa shape index (κ2) is 7.53. The molecule has 1 aliphatic heterocycles. The molecule has 0 saturated carbocycles. The number of hydrogen-bond acceptors (Lipinski definition) is 5. The summed E-state index contributed by atoms with van der Waals surface area (Å²) >= 11 is 18.1. The average molecular weight is 410 g/mol. The van der Waals surface area contributed by atoms with Gasteiger partial charge in [0.1, 0.15) is 0 Å². The number of carbonyl (C=O) groups is 2. The third kappa shape index (κ3) is 4.01. The Labute approximate surface area is 163 Å². The van der Waals surface area contributed by atoms with Gasteiger partial charge in [0.15, 0.2) is 4.32 Å². The molecule has 126 valence electrons. The van der Waals surface area contributed by atoms with Crippen molar-refractivity contribution in [3.8, 4) is 0 Å². The smallest absolute Gasteiger partial charge is 0.267 e. The van der Waals surface area contributed by atoms with E-state index >= 15 is 0 Å². The lowest BCUT2D eigenvalue weighted by atomic mass is 10.2. The van der Waals surface area contributed by atoms with Crippen LogP contribution in [0.4, 0.5) is 0 Å². The fraction of sp³-hybridized carbons (Fsp3) is 0. The van der Waals surface area contributed by atoms with E-state index in [1.807, 2.05) is 0 Å². The molecule has 25 heavy (non-hydrogen) atoms. The van der Waals surface area contributed by atoms with E-state index in [2.05, 4.69) is 10.4 Å². The Balaban J connectivity index is 1.79. The van der Waals surface area contributed by atoms with Crippen molar-refractivity contribution in [2.24, 2.45) is 0 Å². The van der Waals surface area contributed by atoms with Gasteiger partial charge in [0.25, 0.3) is 11.8 Å². The van der Waals surface area contributed by atoms with Gasteiger partial charge in [-0.2, -0.15) is 5.01 Å². The number of halogens is 2. The molecule has 0 unspecified atom stereocenters. The van der Waals surface area contributed by atoms with E-state index in [-0.39, 0.29) is 14.9 Å². The van der Waals surface area contributed by atoms with Crippen molar-refractivity contribution in [2.45, 2.75) is 0 Å². The predicted molar refractivity (Wildman–Crippen MR) is 103 cm³/mol. The lowest BCUT2D eigenvalue weighted by Gasteiger charge is -2.16. The van der Waals surface area contributed by atoms with Crippen LogP contribution in [0.1, 0.15) is 15.9 Å². The third-order valence-electron chi connectivity index (χ3n) is 3.19. The number of thiocarbonyl (C=S) groups is 1. The van der Waals surface area contributed by atoms with Crippen molar-refractivity contribution in [1.29, 1.82) is 0 Å². The lowest BCUT2D eigenvalue weighted by molar-refractivity contribution is -0.123. The Bertz CT molecular complexity index is 904. The number of rotatable bonds is 3. The van der Waals surface area contributed by atoms with Gasteiger partial charge in [-0.05, 0) is 54.2 Å². The van der Waals surface area contributed by atoms with Crippen molar-refractivity contribution in [3.05, 3.63) is 68.8 Å². The molecule has 9 heteroatoms. The van der Waals surface area contributed by atoms with Gasteiger partial charge in [-0.15, -0.1) is 0 Å². The van der Waals surface area contributed by atoms with Gasteiger partial charge in [0.2, 0.25) is 0 Å². The standard InChI is InChI=1S/C16H9Cl2N3O2S2/c17-10-1-2-11(12(18)8-10)14(22)20-21-15(23)13(25-16(21)24)7-9-3-5-19-6-4-9/h1-8H,(H,20,22)/b13-7-. The zero-order chi connectivity index (χ0) is 18.0. The highest BCUT2D eigenvalue weighted by atomic mass is 35.5. The van der Waals surface area contributed by atoms with Crippen LogP contribution in [0.5, 0.6) is 0 Å². The summed E-state index contributed by atoms with van der Waals surface area (Å²) in [4.78, 5) is 29.2. The van der Waals surface area contributed by atoms with Crippen LogP contribution in [-0.4, -0.2) is 26.1 Å². The van der Waals surface area contributed by atoms with E-state index in [0.717, 1.165) is 22.3 Å². The Morgan fingerprint density at radius 3 is 2.64 bits per heavy atom. The minimum atomic E-state index is -0.553. The minimum Gasteiger partial charge on any atom is -0.267 e. The first-order chi connectivity index (χ1) is 12.0. The number of benzene rings is 1. The Morgan fingerprint density at radius 2 is 1.96 bits per heavy atom. The monoisotopic (exact) mass is 409 g/mol. The number of hydrazine groups is 1. The largest absolute Gasteiger partial charge is 0.285 e. The molecule has 1 fully saturated rings. The molecule has 0 aliphatic carbocycles. The number of amides is 2. The summed E-state index contributed by atoms with van der Waals surface area (Å²) in [6, 6.07) is 7.99. The molecule has 2 heterocycles. The van der Waals surface area contributed by atoms with Crippen LogP contribution in [0.3, 0.4) is 0 Å². The minimum absolute atomic E-state index is 0.183. The van der Waals surface area contributed by atoms with Crippen LogP contribution >= 0.6 is 47.2 Å². The Morgan fingerprint density at radius 1 is 1.24 bits per heavy atom. The maximum absolute atomic E-state index is 12.5. The molecule has 3 rings (SSSR count). The highest BCUT2D eigenvalue weighted by molar-refractivity contribution is 8.26. The summed E-state index contributed by atoms with van der Waals surface area (Å²) in [6.07, 6.45) is 4.93. The fourth-order valence-corrected chi connectivity index (χ4v) is 3.68. The second-order valence-electron chi connectivity index (χ2n) is 4.86. The summed E-state index contributed by atoms with van der Waals surface area (Å²) in [6.45, 7) is 0. The molecule has 0 bridgehead atoms. The summed E-state index contributed by atoms with van der Waals surface area (Å²) < 4.78 is 0.226. The molecule has 1 N–H and O–H groups in total. The SMILES string of the molecule is O=C(NN1C(=O)/C(=C/c2ccncc2)SC1=S)c1ccc(Cl)cc1Cl. The quantitative estimate of drug-likeness (QED) is 0.614. The van der Waals surface area contributed by atoms with Gasteiger partial charge in [-0.1, -0.05) is 35.0 Å². The molecule has 2 amide bonds. The normalized spacial score (nSPS) is 15.8. The van der Waals surface area contributed by atoms with Crippen LogP contribution in [-0.2, 0) is 4.79 Å². The molecule has 5 nitrogen and oxygen atoms in total. The lowest BCUT2D eigenvalue weighted by Crippen LogP contribution is -2.44. The van der Waals surface area contributed by atoms with Crippen LogP contribution < -0.4 is 5.43 Å². The molecule has 0 radical (unpaired) electrons. The van der Waals surface area contributed by atoms with Gasteiger partial charge < -0.3 is 0 Å². The van der Waals surface area contributed by atoms with Gasteiger partial charge in [-0.25, -0.2) is 0 Å². The number of aromatic nitrogens is 1.